The van der Waals surface area contributed by atoms with Gasteiger partial charge in [0.1, 0.15) is 10.7 Å². The Morgan fingerprint density at radius 3 is 2.59 bits per heavy atom. The SMILES string of the molecule is CCOC(=O)N1CCC(NC(=O)c2csc(-c3ccc(OC)c(OC)c3)n2)CC1. The van der Waals surface area contributed by atoms with Crippen LogP contribution in [0, 0.1) is 0 Å². The van der Waals surface area contributed by atoms with Gasteiger partial charge in [-0.05, 0) is 38.0 Å². The molecule has 2 amide bonds. The molecule has 1 fully saturated rings. The fourth-order valence-corrected chi connectivity index (χ4v) is 3.96. The van der Waals surface area contributed by atoms with E-state index in [4.69, 9.17) is 14.2 Å². The number of aromatic nitrogens is 1. The molecule has 0 bridgehead atoms. The van der Waals surface area contributed by atoms with Gasteiger partial charge < -0.3 is 24.4 Å². The topological polar surface area (TPSA) is 90.0 Å². The highest BCUT2D eigenvalue weighted by atomic mass is 32.1. The minimum Gasteiger partial charge on any atom is -0.493 e. The van der Waals surface area contributed by atoms with Crippen molar-refractivity contribution in [3.8, 4) is 22.1 Å². The van der Waals surface area contributed by atoms with E-state index in [-0.39, 0.29) is 18.0 Å². The molecule has 9 heteroatoms. The molecule has 2 aromatic rings. The standard InChI is InChI=1S/C20H25N3O5S/c1-4-28-20(25)23-9-7-14(8-10-23)21-18(24)15-12-29-19(22-15)13-5-6-16(26-2)17(11-13)27-3/h5-6,11-12,14H,4,7-10H2,1-3H3,(H,21,24). The van der Waals surface area contributed by atoms with Crippen molar-refractivity contribution < 1.29 is 23.8 Å². The normalized spacial score (nSPS) is 14.4. The van der Waals surface area contributed by atoms with Gasteiger partial charge in [-0.3, -0.25) is 4.79 Å². The summed E-state index contributed by atoms with van der Waals surface area (Å²) in [6, 6.07) is 5.55. The van der Waals surface area contributed by atoms with Gasteiger partial charge in [-0.1, -0.05) is 0 Å². The molecule has 1 N–H and O–H groups in total. The molecule has 0 saturated carbocycles. The first kappa shape index (κ1) is 20.9. The highest BCUT2D eigenvalue weighted by Gasteiger charge is 2.25. The molecule has 0 unspecified atom stereocenters. The van der Waals surface area contributed by atoms with Crippen LogP contribution in [0.4, 0.5) is 4.79 Å². The monoisotopic (exact) mass is 419 g/mol. The molecule has 2 heterocycles. The van der Waals surface area contributed by atoms with Crippen molar-refractivity contribution in [2.24, 2.45) is 0 Å². The van der Waals surface area contributed by atoms with E-state index in [0.717, 1.165) is 10.6 Å². The maximum Gasteiger partial charge on any atom is 0.409 e. The van der Waals surface area contributed by atoms with Crippen LogP contribution >= 0.6 is 11.3 Å². The number of hydrogen-bond donors (Lipinski definition) is 1. The van der Waals surface area contributed by atoms with Gasteiger partial charge >= 0.3 is 6.09 Å². The maximum atomic E-state index is 12.6. The summed E-state index contributed by atoms with van der Waals surface area (Å²) in [5, 5.41) is 5.49. The van der Waals surface area contributed by atoms with Crippen molar-refractivity contribution in [1.82, 2.24) is 15.2 Å². The predicted molar refractivity (Wildman–Crippen MR) is 110 cm³/mol. The average Bonchev–Trinajstić information content (AvgIpc) is 3.24. The van der Waals surface area contributed by atoms with Crippen LogP contribution in [0.1, 0.15) is 30.3 Å². The summed E-state index contributed by atoms with van der Waals surface area (Å²) in [6.07, 6.45) is 1.09. The zero-order valence-corrected chi connectivity index (χ0v) is 17.6. The number of nitrogens with one attached hydrogen (secondary N) is 1. The lowest BCUT2D eigenvalue weighted by Gasteiger charge is -2.31. The fourth-order valence-electron chi connectivity index (χ4n) is 3.16. The van der Waals surface area contributed by atoms with Crippen LogP contribution in [-0.4, -0.2) is 61.8 Å². The number of benzene rings is 1. The quantitative estimate of drug-likeness (QED) is 0.773. The number of likely N-dealkylation sites (tertiary alicyclic amines) is 1. The fraction of sp³-hybridized carbons (Fsp3) is 0.450. The van der Waals surface area contributed by atoms with Crippen molar-refractivity contribution in [1.29, 1.82) is 0 Å². The van der Waals surface area contributed by atoms with Crippen molar-refractivity contribution in [3.63, 3.8) is 0 Å². The van der Waals surface area contributed by atoms with Gasteiger partial charge in [0.15, 0.2) is 11.5 Å². The number of carbonyl (C=O) groups excluding carboxylic acids is 2. The van der Waals surface area contributed by atoms with Gasteiger partial charge in [0.05, 0.1) is 20.8 Å². The molecule has 0 aliphatic carbocycles. The van der Waals surface area contributed by atoms with Crippen LogP contribution < -0.4 is 14.8 Å². The summed E-state index contributed by atoms with van der Waals surface area (Å²) in [5.41, 5.74) is 1.24. The average molecular weight is 420 g/mol. The molecule has 0 radical (unpaired) electrons. The molecule has 1 aromatic carbocycles. The van der Waals surface area contributed by atoms with Gasteiger partial charge in [-0.15, -0.1) is 11.3 Å². The number of hydrogen-bond acceptors (Lipinski definition) is 7. The van der Waals surface area contributed by atoms with E-state index >= 15 is 0 Å². The summed E-state index contributed by atoms with van der Waals surface area (Å²) in [5.74, 6) is 1.04. The second-order valence-electron chi connectivity index (χ2n) is 6.54. The third-order valence-corrected chi connectivity index (χ3v) is 5.61. The van der Waals surface area contributed by atoms with Crippen molar-refractivity contribution in [3.05, 3.63) is 29.3 Å². The number of ether oxygens (including phenoxy) is 3. The Morgan fingerprint density at radius 2 is 1.93 bits per heavy atom. The smallest absolute Gasteiger partial charge is 0.409 e. The van der Waals surface area contributed by atoms with Gasteiger partial charge in [0.25, 0.3) is 5.91 Å². The number of amides is 2. The van der Waals surface area contributed by atoms with E-state index in [1.807, 2.05) is 18.2 Å². The molecule has 156 valence electrons. The van der Waals surface area contributed by atoms with Gasteiger partial charge in [-0.2, -0.15) is 0 Å². The van der Waals surface area contributed by atoms with Crippen molar-refractivity contribution in [2.75, 3.05) is 33.9 Å². The first-order valence-electron chi connectivity index (χ1n) is 9.46. The second kappa shape index (κ2) is 9.60. The predicted octanol–water partition coefficient (Wildman–Crippen LogP) is 3.18. The Morgan fingerprint density at radius 1 is 1.21 bits per heavy atom. The highest BCUT2D eigenvalue weighted by Crippen LogP contribution is 2.33. The van der Waals surface area contributed by atoms with Gasteiger partial charge in [0.2, 0.25) is 0 Å². The summed E-state index contributed by atoms with van der Waals surface area (Å²) in [6.45, 7) is 3.28. The van der Waals surface area contributed by atoms with Gasteiger partial charge in [-0.25, -0.2) is 9.78 Å². The molecule has 8 nitrogen and oxygen atoms in total. The minimum atomic E-state index is -0.295. The number of rotatable bonds is 6. The number of piperidine rings is 1. The van der Waals surface area contributed by atoms with Crippen molar-refractivity contribution >= 4 is 23.3 Å². The number of methoxy groups -OCH3 is 2. The van der Waals surface area contributed by atoms with E-state index in [1.165, 1.54) is 11.3 Å². The third kappa shape index (κ3) is 4.97. The van der Waals surface area contributed by atoms with Crippen molar-refractivity contribution in [2.45, 2.75) is 25.8 Å². The third-order valence-electron chi connectivity index (χ3n) is 4.72. The molecule has 0 atom stereocenters. The maximum absolute atomic E-state index is 12.6. The van der Waals surface area contributed by atoms with E-state index in [1.54, 1.807) is 31.4 Å². The Labute approximate surface area is 173 Å². The summed E-state index contributed by atoms with van der Waals surface area (Å²) >= 11 is 1.40. The summed E-state index contributed by atoms with van der Waals surface area (Å²) in [7, 11) is 3.16. The molecule has 1 saturated heterocycles. The molecule has 1 aromatic heterocycles. The van der Waals surface area contributed by atoms with Crippen LogP contribution in [0.2, 0.25) is 0 Å². The lowest BCUT2D eigenvalue weighted by atomic mass is 10.1. The van der Waals surface area contributed by atoms with E-state index in [0.29, 0.717) is 49.7 Å². The molecule has 1 aliphatic rings. The molecular weight excluding hydrogens is 394 g/mol. The Balaban J connectivity index is 1.60. The zero-order chi connectivity index (χ0) is 20.8. The van der Waals surface area contributed by atoms with Crippen LogP contribution in [0.15, 0.2) is 23.6 Å². The molecule has 29 heavy (non-hydrogen) atoms. The highest BCUT2D eigenvalue weighted by molar-refractivity contribution is 7.13. The second-order valence-corrected chi connectivity index (χ2v) is 7.40. The first-order valence-corrected chi connectivity index (χ1v) is 10.3. The number of nitrogens with zero attached hydrogens (tertiary/aromatic N) is 2. The lowest BCUT2D eigenvalue weighted by molar-refractivity contribution is 0.0857. The largest absolute Gasteiger partial charge is 0.493 e. The van der Waals surface area contributed by atoms with E-state index in [2.05, 4.69) is 10.3 Å². The molecule has 3 rings (SSSR count). The molecule has 1 aliphatic heterocycles. The Bertz CT molecular complexity index is 862. The molecule has 0 spiro atoms. The summed E-state index contributed by atoms with van der Waals surface area (Å²) in [4.78, 5) is 30.5. The minimum absolute atomic E-state index is 0.0133. The van der Waals surface area contributed by atoms with E-state index in [9.17, 15) is 9.59 Å². The van der Waals surface area contributed by atoms with Gasteiger partial charge in [0, 0.05) is 30.1 Å². The zero-order valence-electron chi connectivity index (χ0n) is 16.8. The summed E-state index contributed by atoms with van der Waals surface area (Å²) < 4.78 is 15.6. The lowest BCUT2D eigenvalue weighted by Crippen LogP contribution is -2.46. The Kier molecular flexibility index (Phi) is 6.92. The van der Waals surface area contributed by atoms with E-state index < -0.39 is 0 Å². The van der Waals surface area contributed by atoms with Crippen LogP contribution in [-0.2, 0) is 4.74 Å². The Hall–Kier alpha value is -2.81. The van der Waals surface area contributed by atoms with Crippen LogP contribution in [0.3, 0.4) is 0 Å². The van der Waals surface area contributed by atoms with Crippen LogP contribution in [0.5, 0.6) is 11.5 Å². The number of carbonyl (C=O) groups is 2. The molecular formula is C20H25N3O5S. The van der Waals surface area contributed by atoms with Crippen LogP contribution in [0.25, 0.3) is 10.6 Å². The first-order chi connectivity index (χ1) is 14.0. The number of thiazole rings is 1.